The quantitative estimate of drug-likeness (QED) is 0.879. The van der Waals surface area contributed by atoms with Gasteiger partial charge in [0.2, 0.25) is 5.82 Å². The van der Waals surface area contributed by atoms with Gasteiger partial charge in [0.15, 0.2) is 5.60 Å². The fourth-order valence-electron chi connectivity index (χ4n) is 2.34. The molecule has 0 bridgehead atoms. The van der Waals surface area contributed by atoms with Crippen LogP contribution in [0.2, 0.25) is 0 Å². The van der Waals surface area contributed by atoms with Crippen LogP contribution >= 0.6 is 0 Å². The largest absolute Gasteiger partial charge is 0.497 e. The summed E-state index contributed by atoms with van der Waals surface area (Å²) in [6, 6.07) is 7.39. The SMILES string of the molecule is COc1ccc(-c2noc(C3(O)CCCNC3)n2)cc1. The molecule has 2 N–H and O–H groups in total. The molecule has 1 saturated heterocycles. The number of ether oxygens (including phenoxy) is 1. The van der Waals surface area contributed by atoms with E-state index in [1.807, 2.05) is 24.3 Å². The summed E-state index contributed by atoms with van der Waals surface area (Å²) in [6.07, 6.45) is 1.51. The molecule has 1 aliphatic rings. The monoisotopic (exact) mass is 275 g/mol. The van der Waals surface area contributed by atoms with Gasteiger partial charge in [-0.05, 0) is 43.7 Å². The first-order valence-electron chi connectivity index (χ1n) is 6.63. The lowest BCUT2D eigenvalue weighted by Gasteiger charge is -2.28. The number of benzene rings is 1. The molecular formula is C14H17N3O3. The molecule has 0 radical (unpaired) electrons. The third-order valence-electron chi connectivity index (χ3n) is 3.53. The van der Waals surface area contributed by atoms with E-state index in [-0.39, 0.29) is 5.89 Å². The molecule has 6 nitrogen and oxygen atoms in total. The molecule has 1 fully saturated rings. The second-order valence-corrected chi connectivity index (χ2v) is 4.96. The summed E-state index contributed by atoms with van der Waals surface area (Å²) in [5.41, 5.74) is -0.233. The highest BCUT2D eigenvalue weighted by Crippen LogP contribution is 2.29. The van der Waals surface area contributed by atoms with Gasteiger partial charge in [-0.2, -0.15) is 4.98 Å². The fourth-order valence-corrected chi connectivity index (χ4v) is 2.34. The Balaban J connectivity index is 1.85. The molecule has 1 atom stereocenters. The van der Waals surface area contributed by atoms with Crippen LogP contribution in [-0.2, 0) is 5.60 Å². The van der Waals surface area contributed by atoms with Gasteiger partial charge in [-0.15, -0.1) is 0 Å². The number of nitrogens with one attached hydrogen (secondary N) is 1. The molecule has 1 aromatic carbocycles. The van der Waals surface area contributed by atoms with Crippen molar-refractivity contribution in [2.24, 2.45) is 0 Å². The predicted octanol–water partition coefficient (Wildman–Crippen LogP) is 1.32. The maximum Gasteiger partial charge on any atom is 0.260 e. The molecule has 1 aliphatic heterocycles. The number of aromatic nitrogens is 2. The van der Waals surface area contributed by atoms with Gasteiger partial charge in [0.05, 0.1) is 7.11 Å². The van der Waals surface area contributed by atoms with Crippen LogP contribution in [0.5, 0.6) is 5.75 Å². The molecule has 2 heterocycles. The molecular weight excluding hydrogens is 258 g/mol. The maximum absolute atomic E-state index is 10.5. The normalized spacial score (nSPS) is 22.7. The summed E-state index contributed by atoms with van der Waals surface area (Å²) >= 11 is 0. The third-order valence-corrected chi connectivity index (χ3v) is 3.53. The zero-order chi connectivity index (χ0) is 14.0. The minimum atomic E-state index is -1.06. The summed E-state index contributed by atoms with van der Waals surface area (Å²) < 4.78 is 10.3. The molecule has 3 rings (SSSR count). The van der Waals surface area contributed by atoms with Crippen LogP contribution in [0.3, 0.4) is 0 Å². The highest BCUT2D eigenvalue weighted by Gasteiger charge is 2.37. The van der Waals surface area contributed by atoms with Crippen LogP contribution in [-0.4, -0.2) is 35.4 Å². The number of aliphatic hydroxyl groups is 1. The molecule has 20 heavy (non-hydrogen) atoms. The van der Waals surface area contributed by atoms with Gasteiger partial charge in [0, 0.05) is 12.1 Å². The average molecular weight is 275 g/mol. The van der Waals surface area contributed by atoms with E-state index in [4.69, 9.17) is 9.26 Å². The lowest BCUT2D eigenvalue weighted by molar-refractivity contribution is -0.0167. The highest BCUT2D eigenvalue weighted by molar-refractivity contribution is 5.55. The van der Waals surface area contributed by atoms with Crippen LogP contribution < -0.4 is 10.1 Å². The molecule has 2 aromatic rings. The molecule has 0 amide bonds. The van der Waals surface area contributed by atoms with E-state index in [9.17, 15) is 5.11 Å². The Kier molecular flexibility index (Phi) is 3.42. The first-order valence-corrected chi connectivity index (χ1v) is 6.63. The second-order valence-electron chi connectivity index (χ2n) is 4.96. The zero-order valence-electron chi connectivity index (χ0n) is 11.3. The smallest absolute Gasteiger partial charge is 0.260 e. The summed E-state index contributed by atoms with van der Waals surface area (Å²) in [4.78, 5) is 4.32. The van der Waals surface area contributed by atoms with Gasteiger partial charge in [0.1, 0.15) is 5.75 Å². The summed E-state index contributed by atoms with van der Waals surface area (Å²) in [7, 11) is 1.62. The summed E-state index contributed by atoms with van der Waals surface area (Å²) in [5.74, 6) is 1.52. The number of methoxy groups -OCH3 is 1. The topological polar surface area (TPSA) is 80.4 Å². The highest BCUT2D eigenvalue weighted by atomic mass is 16.5. The molecule has 1 aromatic heterocycles. The van der Waals surface area contributed by atoms with Crippen molar-refractivity contribution in [1.29, 1.82) is 0 Å². The van der Waals surface area contributed by atoms with Crippen LogP contribution in [0.1, 0.15) is 18.7 Å². The number of hydrogen-bond donors (Lipinski definition) is 2. The number of piperidine rings is 1. The molecule has 6 heteroatoms. The Bertz CT molecular complexity index is 574. The zero-order valence-corrected chi connectivity index (χ0v) is 11.3. The summed E-state index contributed by atoms with van der Waals surface area (Å²) in [6.45, 7) is 1.35. The van der Waals surface area contributed by atoms with Crippen LogP contribution in [0.25, 0.3) is 11.4 Å². The molecule has 106 valence electrons. The van der Waals surface area contributed by atoms with Gasteiger partial charge >= 0.3 is 0 Å². The van der Waals surface area contributed by atoms with Crippen LogP contribution in [0.15, 0.2) is 28.8 Å². The number of rotatable bonds is 3. The fraction of sp³-hybridized carbons (Fsp3) is 0.429. The van der Waals surface area contributed by atoms with Crippen molar-refractivity contribution in [3.8, 4) is 17.1 Å². The Hall–Kier alpha value is -1.92. The Morgan fingerprint density at radius 3 is 2.80 bits per heavy atom. The van der Waals surface area contributed by atoms with Crippen LogP contribution in [0, 0.1) is 0 Å². The Labute approximate surface area is 116 Å². The first kappa shape index (κ1) is 13.1. The second kappa shape index (κ2) is 5.22. The van der Waals surface area contributed by atoms with Gasteiger partial charge in [0.25, 0.3) is 5.89 Å². The van der Waals surface area contributed by atoms with Crippen molar-refractivity contribution in [1.82, 2.24) is 15.5 Å². The van der Waals surface area contributed by atoms with Crippen molar-refractivity contribution in [2.75, 3.05) is 20.2 Å². The number of hydrogen-bond acceptors (Lipinski definition) is 6. The minimum Gasteiger partial charge on any atom is -0.497 e. The van der Waals surface area contributed by atoms with Gasteiger partial charge in [-0.1, -0.05) is 5.16 Å². The van der Waals surface area contributed by atoms with E-state index in [2.05, 4.69) is 15.5 Å². The van der Waals surface area contributed by atoms with Crippen molar-refractivity contribution < 1.29 is 14.4 Å². The van der Waals surface area contributed by atoms with E-state index in [0.717, 1.165) is 24.3 Å². The predicted molar refractivity (Wildman–Crippen MR) is 72.3 cm³/mol. The van der Waals surface area contributed by atoms with Crippen molar-refractivity contribution >= 4 is 0 Å². The van der Waals surface area contributed by atoms with E-state index in [0.29, 0.717) is 18.8 Å². The lowest BCUT2D eigenvalue weighted by Crippen LogP contribution is -2.43. The van der Waals surface area contributed by atoms with E-state index >= 15 is 0 Å². The van der Waals surface area contributed by atoms with Gasteiger partial charge in [-0.3, -0.25) is 0 Å². The van der Waals surface area contributed by atoms with E-state index < -0.39 is 5.60 Å². The third kappa shape index (κ3) is 2.39. The van der Waals surface area contributed by atoms with Gasteiger partial charge < -0.3 is 19.7 Å². The molecule has 0 aliphatic carbocycles. The molecule has 1 unspecified atom stereocenters. The lowest BCUT2D eigenvalue weighted by atomic mass is 9.94. The first-order chi connectivity index (χ1) is 9.71. The molecule has 0 spiro atoms. The van der Waals surface area contributed by atoms with Gasteiger partial charge in [-0.25, -0.2) is 0 Å². The minimum absolute atomic E-state index is 0.274. The number of β-amino-alcohol motifs (C(OH)–C–C–N with tert-alkyl or cyclic N) is 1. The van der Waals surface area contributed by atoms with E-state index in [1.54, 1.807) is 7.11 Å². The van der Waals surface area contributed by atoms with E-state index in [1.165, 1.54) is 0 Å². The van der Waals surface area contributed by atoms with Crippen molar-refractivity contribution in [2.45, 2.75) is 18.4 Å². The van der Waals surface area contributed by atoms with Crippen LogP contribution in [0.4, 0.5) is 0 Å². The maximum atomic E-state index is 10.5. The Morgan fingerprint density at radius 1 is 1.35 bits per heavy atom. The van der Waals surface area contributed by atoms with Crippen molar-refractivity contribution in [3.05, 3.63) is 30.2 Å². The standard InChI is InChI=1S/C14H17N3O3/c1-19-11-5-3-10(4-6-11)12-16-13(20-17-12)14(18)7-2-8-15-9-14/h3-6,15,18H,2,7-9H2,1H3. The summed E-state index contributed by atoms with van der Waals surface area (Å²) in [5, 5.41) is 17.6. The average Bonchev–Trinajstić information content (AvgIpc) is 2.99. The Morgan fingerprint density at radius 2 is 2.15 bits per heavy atom. The number of nitrogens with zero attached hydrogens (tertiary/aromatic N) is 2. The molecule has 0 saturated carbocycles. The van der Waals surface area contributed by atoms with Crippen molar-refractivity contribution in [3.63, 3.8) is 0 Å².